The molecule has 0 aromatic heterocycles. The van der Waals surface area contributed by atoms with Crippen LogP contribution in [0.4, 0.5) is 0 Å². The molecule has 0 saturated heterocycles. The third-order valence-electron chi connectivity index (χ3n) is 2.81. The van der Waals surface area contributed by atoms with Gasteiger partial charge in [0.2, 0.25) is 0 Å². The van der Waals surface area contributed by atoms with Gasteiger partial charge in [0.05, 0.1) is 25.4 Å². The van der Waals surface area contributed by atoms with Crippen molar-refractivity contribution in [3.63, 3.8) is 0 Å². The fourth-order valence-electron chi connectivity index (χ4n) is 1.59. The molecule has 0 amide bonds. The Labute approximate surface area is 116 Å². The Bertz CT molecular complexity index is 384. The van der Waals surface area contributed by atoms with Crippen LogP contribution in [0.15, 0.2) is 22.7 Å². The maximum atomic E-state index is 9.49. The number of hydrogen-bond donors (Lipinski definition) is 2. The molecule has 0 bridgehead atoms. The maximum absolute atomic E-state index is 9.49. The monoisotopic (exact) mass is 317 g/mol. The van der Waals surface area contributed by atoms with Gasteiger partial charge in [-0.15, -0.1) is 0 Å². The Morgan fingerprint density at radius 3 is 2.56 bits per heavy atom. The molecular formula is C13H20BrNO3. The van der Waals surface area contributed by atoms with E-state index in [1.54, 1.807) is 14.0 Å². The number of rotatable bonds is 6. The summed E-state index contributed by atoms with van der Waals surface area (Å²) in [6, 6.07) is 5.68. The SMILES string of the molecule is COc1ccc(Br)cc1C(CN)OC(C)C(C)O. The van der Waals surface area contributed by atoms with Crippen molar-refractivity contribution in [1.29, 1.82) is 0 Å². The minimum atomic E-state index is -0.544. The number of methoxy groups -OCH3 is 1. The second-order valence-electron chi connectivity index (χ2n) is 4.19. The summed E-state index contributed by atoms with van der Waals surface area (Å²) in [4.78, 5) is 0. The Balaban J connectivity index is 2.97. The van der Waals surface area contributed by atoms with Crippen LogP contribution in [0.5, 0.6) is 5.75 Å². The molecule has 1 aromatic rings. The number of nitrogens with two attached hydrogens (primary N) is 1. The largest absolute Gasteiger partial charge is 0.496 e. The molecule has 5 heteroatoms. The van der Waals surface area contributed by atoms with Crippen molar-refractivity contribution in [1.82, 2.24) is 0 Å². The predicted molar refractivity (Wildman–Crippen MR) is 74.7 cm³/mol. The highest BCUT2D eigenvalue weighted by molar-refractivity contribution is 9.10. The van der Waals surface area contributed by atoms with Crippen molar-refractivity contribution in [3.05, 3.63) is 28.2 Å². The van der Waals surface area contributed by atoms with E-state index in [4.69, 9.17) is 15.2 Å². The number of halogens is 1. The highest BCUT2D eigenvalue weighted by Gasteiger charge is 2.20. The zero-order valence-electron chi connectivity index (χ0n) is 10.9. The lowest BCUT2D eigenvalue weighted by atomic mass is 10.1. The van der Waals surface area contributed by atoms with E-state index in [2.05, 4.69) is 15.9 Å². The molecule has 0 radical (unpaired) electrons. The first-order chi connectivity index (χ1) is 8.49. The van der Waals surface area contributed by atoms with Crippen LogP contribution in [0.1, 0.15) is 25.5 Å². The molecule has 0 heterocycles. The molecule has 3 atom stereocenters. The quantitative estimate of drug-likeness (QED) is 0.844. The number of aliphatic hydroxyl groups excluding tert-OH is 1. The number of ether oxygens (including phenoxy) is 2. The molecule has 1 aromatic carbocycles. The standard InChI is InChI=1S/C13H20BrNO3/c1-8(16)9(2)18-13(7-15)11-6-10(14)4-5-12(11)17-3/h4-6,8-9,13,16H,7,15H2,1-3H3. The van der Waals surface area contributed by atoms with Gasteiger partial charge < -0.3 is 20.3 Å². The van der Waals surface area contributed by atoms with Crippen molar-refractivity contribution in [2.75, 3.05) is 13.7 Å². The molecule has 0 fully saturated rings. The van der Waals surface area contributed by atoms with Crippen molar-refractivity contribution >= 4 is 15.9 Å². The summed E-state index contributed by atoms with van der Waals surface area (Å²) in [6.07, 6.45) is -1.14. The van der Waals surface area contributed by atoms with Crippen molar-refractivity contribution < 1.29 is 14.6 Å². The summed E-state index contributed by atoms with van der Waals surface area (Å²) in [7, 11) is 1.61. The van der Waals surface area contributed by atoms with Crippen molar-refractivity contribution in [3.8, 4) is 5.75 Å². The van der Waals surface area contributed by atoms with Crippen LogP contribution >= 0.6 is 15.9 Å². The number of aliphatic hydroxyl groups is 1. The van der Waals surface area contributed by atoms with E-state index >= 15 is 0 Å². The van der Waals surface area contributed by atoms with E-state index in [9.17, 15) is 5.11 Å². The van der Waals surface area contributed by atoms with Gasteiger partial charge in [-0.05, 0) is 32.0 Å². The van der Waals surface area contributed by atoms with Crippen LogP contribution in [-0.2, 0) is 4.74 Å². The third-order valence-corrected chi connectivity index (χ3v) is 3.30. The molecular weight excluding hydrogens is 298 g/mol. The van der Waals surface area contributed by atoms with Crippen LogP contribution < -0.4 is 10.5 Å². The zero-order valence-corrected chi connectivity index (χ0v) is 12.5. The average molecular weight is 318 g/mol. The van der Waals surface area contributed by atoms with Gasteiger partial charge >= 0.3 is 0 Å². The normalized spacial score (nSPS) is 16.1. The summed E-state index contributed by atoms with van der Waals surface area (Å²) in [5, 5.41) is 9.49. The summed E-state index contributed by atoms with van der Waals surface area (Å²) in [5.41, 5.74) is 6.63. The van der Waals surface area contributed by atoms with E-state index < -0.39 is 6.10 Å². The highest BCUT2D eigenvalue weighted by atomic mass is 79.9. The Hall–Kier alpha value is -0.620. The predicted octanol–water partition coefficient (Wildman–Crippen LogP) is 2.24. The minimum Gasteiger partial charge on any atom is -0.496 e. The molecule has 4 nitrogen and oxygen atoms in total. The minimum absolute atomic E-state index is 0.290. The van der Waals surface area contributed by atoms with E-state index in [1.807, 2.05) is 25.1 Å². The molecule has 1 rings (SSSR count). The highest BCUT2D eigenvalue weighted by Crippen LogP contribution is 2.31. The Morgan fingerprint density at radius 1 is 1.39 bits per heavy atom. The van der Waals surface area contributed by atoms with Crippen LogP contribution in [0.25, 0.3) is 0 Å². The topological polar surface area (TPSA) is 64.7 Å². The number of hydrogen-bond acceptors (Lipinski definition) is 4. The first-order valence-corrected chi connectivity index (χ1v) is 6.66. The zero-order chi connectivity index (χ0) is 13.7. The summed E-state index contributed by atoms with van der Waals surface area (Å²) < 4.78 is 12.0. The fraction of sp³-hybridized carbons (Fsp3) is 0.538. The van der Waals surface area contributed by atoms with Crippen LogP contribution in [0, 0.1) is 0 Å². The van der Waals surface area contributed by atoms with Gasteiger partial charge in [0, 0.05) is 16.6 Å². The first kappa shape index (κ1) is 15.4. The van der Waals surface area contributed by atoms with Gasteiger partial charge in [-0.3, -0.25) is 0 Å². The van der Waals surface area contributed by atoms with E-state index in [-0.39, 0.29) is 12.2 Å². The van der Waals surface area contributed by atoms with Crippen LogP contribution in [0.2, 0.25) is 0 Å². The van der Waals surface area contributed by atoms with Crippen molar-refractivity contribution in [2.45, 2.75) is 32.2 Å². The van der Waals surface area contributed by atoms with Crippen LogP contribution in [-0.4, -0.2) is 31.0 Å². The molecule has 18 heavy (non-hydrogen) atoms. The van der Waals surface area contributed by atoms with Gasteiger partial charge in [-0.2, -0.15) is 0 Å². The van der Waals surface area contributed by atoms with E-state index in [0.29, 0.717) is 6.54 Å². The lowest BCUT2D eigenvalue weighted by Crippen LogP contribution is -2.28. The number of benzene rings is 1. The molecule has 0 aliphatic heterocycles. The van der Waals surface area contributed by atoms with Gasteiger partial charge in [-0.1, -0.05) is 15.9 Å². The summed E-state index contributed by atoms with van der Waals surface area (Å²) in [5.74, 6) is 0.728. The Kier molecular flexibility index (Phi) is 6.08. The molecule has 0 saturated carbocycles. The average Bonchev–Trinajstić information content (AvgIpc) is 2.35. The first-order valence-electron chi connectivity index (χ1n) is 5.86. The van der Waals surface area contributed by atoms with Gasteiger partial charge in [-0.25, -0.2) is 0 Å². The maximum Gasteiger partial charge on any atom is 0.124 e. The molecule has 102 valence electrons. The van der Waals surface area contributed by atoms with Crippen LogP contribution in [0.3, 0.4) is 0 Å². The third kappa shape index (κ3) is 3.95. The summed E-state index contributed by atoms with van der Waals surface area (Å²) >= 11 is 3.42. The van der Waals surface area contributed by atoms with E-state index in [1.165, 1.54) is 0 Å². The molecule has 0 aliphatic rings. The smallest absolute Gasteiger partial charge is 0.124 e. The fourth-order valence-corrected chi connectivity index (χ4v) is 1.96. The second-order valence-corrected chi connectivity index (χ2v) is 5.11. The molecule has 3 N–H and O–H groups in total. The van der Waals surface area contributed by atoms with Gasteiger partial charge in [0.1, 0.15) is 5.75 Å². The van der Waals surface area contributed by atoms with Gasteiger partial charge in [0.15, 0.2) is 0 Å². The van der Waals surface area contributed by atoms with E-state index in [0.717, 1.165) is 15.8 Å². The Morgan fingerprint density at radius 2 is 2.06 bits per heavy atom. The lowest BCUT2D eigenvalue weighted by molar-refractivity contribution is -0.0597. The molecule has 3 unspecified atom stereocenters. The van der Waals surface area contributed by atoms with Crippen molar-refractivity contribution in [2.24, 2.45) is 5.73 Å². The summed E-state index contributed by atoms with van der Waals surface area (Å²) in [6.45, 7) is 3.83. The van der Waals surface area contributed by atoms with Gasteiger partial charge in [0.25, 0.3) is 0 Å². The lowest BCUT2D eigenvalue weighted by Gasteiger charge is -2.24. The second kappa shape index (κ2) is 7.09. The molecule has 0 aliphatic carbocycles. The molecule has 0 spiro atoms.